The van der Waals surface area contributed by atoms with E-state index < -0.39 is 10.0 Å². The summed E-state index contributed by atoms with van der Waals surface area (Å²) in [5.74, 6) is 0.746. The Labute approximate surface area is 95.1 Å². The second-order valence-corrected chi connectivity index (χ2v) is 5.75. The number of nitrogens with zero attached hydrogens (tertiary/aromatic N) is 1. The van der Waals surface area contributed by atoms with Crippen molar-refractivity contribution in [1.29, 1.82) is 0 Å². The zero-order chi connectivity index (χ0) is 11.6. The van der Waals surface area contributed by atoms with Gasteiger partial charge in [0.2, 0.25) is 10.0 Å². The number of nitrogen functional groups attached to an aromatic ring is 1. The molecule has 88 valence electrons. The van der Waals surface area contributed by atoms with Crippen molar-refractivity contribution in [3.05, 3.63) is 18.3 Å². The molecule has 1 saturated carbocycles. The van der Waals surface area contributed by atoms with E-state index in [1.165, 1.54) is 25.1 Å². The molecule has 1 aromatic heterocycles. The summed E-state index contributed by atoms with van der Waals surface area (Å²) < 4.78 is 26.2. The third-order valence-electron chi connectivity index (χ3n) is 2.63. The van der Waals surface area contributed by atoms with Gasteiger partial charge in [-0.3, -0.25) is 0 Å². The zero-order valence-corrected chi connectivity index (χ0v) is 9.70. The molecule has 0 spiro atoms. The molecule has 1 aliphatic rings. The number of anilines is 1. The number of nitrogens with two attached hydrogens (primary N) is 1. The van der Waals surface area contributed by atoms with E-state index in [1.54, 1.807) is 6.07 Å². The zero-order valence-electron chi connectivity index (χ0n) is 8.89. The predicted octanol–water partition coefficient (Wildman–Crippen LogP) is 0.742. The fraction of sp³-hybridized carbons (Fsp3) is 0.500. The lowest BCUT2D eigenvalue weighted by Crippen LogP contribution is -2.26. The average molecular weight is 241 g/mol. The van der Waals surface area contributed by atoms with Crippen molar-refractivity contribution < 1.29 is 8.42 Å². The predicted molar refractivity (Wildman–Crippen MR) is 61.2 cm³/mol. The summed E-state index contributed by atoms with van der Waals surface area (Å²) in [6, 6.07) is 3.02. The molecule has 0 aromatic carbocycles. The minimum atomic E-state index is -3.50. The van der Waals surface area contributed by atoms with Gasteiger partial charge in [0.05, 0.1) is 0 Å². The molecule has 1 heterocycles. The van der Waals surface area contributed by atoms with Gasteiger partial charge in [-0.05, 0) is 24.5 Å². The summed E-state index contributed by atoms with van der Waals surface area (Å²) in [5.41, 5.74) is 5.52. The molecular weight excluding hydrogens is 226 g/mol. The first kappa shape index (κ1) is 11.3. The van der Waals surface area contributed by atoms with Crippen LogP contribution in [0.1, 0.15) is 19.3 Å². The van der Waals surface area contributed by atoms with Gasteiger partial charge in [0.1, 0.15) is 10.7 Å². The Morgan fingerprint density at radius 3 is 2.88 bits per heavy atom. The van der Waals surface area contributed by atoms with Crippen molar-refractivity contribution in [3.63, 3.8) is 0 Å². The molecule has 3 N–H and O–H groups in total. The van der Waals surface area contributed by atoms with Crippen LogP contribution in [-0.4, -0.2) is 19.9 Å². The molecule has 2 rings (SSSR count). The third-order valence-corrected chi connectivity index (χ3v) is 4.14. The van der Waals surface area contributed by atoms with Gasteiger partial charge >= 0.3 is 0 Å². The maximum atomic E-state index is 11.8. The summed E-state index contributed by atoms with van der Waals surface area (Å²) in [4.78, 5) is 3.82. The quantitative estimate of drug-likeness (QED) is 0.796. The van der Waals surface area contributed by atoms with Crippen molar-refractivity contribution in [1.82, 2.24) is 9.71 Å². The van der Waals surface area contributed by atoms with Crippen LogP contribution >= 0.6 is 0 Å². The van der Waals surface area contributed by atoms with Crippen molar-refractivity contribution in [2.45, 2.75) is 24.2 Å². The van der Waals surface area contributed by atoms with E-state index in [4.69, 9.17) is 5.73 Å². The lowest BCUT2D eigenvalue weighted by molar-refractivity contribution is 0.575. The summed E-state index contributed by atoms with van der Waals surface area (Å²) in [6.45, 7) is 0.474. The molecule has 1 aliphatic carbocycles. The average Bonchev–Trinajstić information content (AvgIpc) is 3.02. The van der Waals surface area contributed by atoms with Crippen LogP contribution in [0.2, 0.25) is 0 Å². The van der Waals surface area contributed by atoms with Crippen LogP contribution in [0, 0.1) is 5.92 Å². The second-order valence-electron chi connectivity index (χ2n) is 4.02. The van der Waals surface area contributed by atoms with Gasteiger partial charge in [-0.2, -0.15) is 0 Å². The normalized spacial score (nSPS) is 16.2. The van der Waals surface area contributed by atoms with Gasteiger partial charge in [0, 0.05) is 12.7 Å². The van der Waals surface area contributed by atoms with Crippen LogP contribution in [0.5, 0.6) is 0 Å². The number of hydrogen-bond acceptors (Lipinski definition) is 4. The molecule has 0 amide bonds. The van der Waals surface area contributed by atoms with E-state index >= 15 is 0 Å². The molecular formula is C10H15N3O2S. The van der Waals surface area contributed by atoms with Crippen LogP contribution in [0.15, 0.2) is 23.2 Å². The maximum Gasteiger partial charge on any atom is 0.244 e. The van der Waals surface area contributed by atoms with Crippen LogP contribution in [0.25, 0.3) is 0 Å². The molecule has 0 aliphatic heterocycles. The molecule has 1 fully saturated rings. The van der Waals surface area contributed by atoms with Crippen LogP contribution < -0.4 is 10.5 Å². The van der Waals surface area contributed by atoms with Gasteiger partial charge in [-0.15, -0.1) is 0 Å². The Kier molecular flexibility index (Phi) is 3.11. The molecule has 0 bridgehead atoms. The Bertz CT molecular complexity index is 469. The number of aromatic nitrogens is 1. The fourth-order valence-corrected chi connectivity index (χ4v) is 2.64. The molecule has 0 saturated heterocycles. The Balaban J connectivity index is 2.03. The monoisotopic (exact) mass is 241 g/mol. The fourth-order valence-electron chi connectivity index (χ4n) is 1.51. The van der Waals surface area contributed by atoms with Gasteiger partial charge in [0.15, 0.2) is 0 Å². The topological polar surface area (TPSA) is 85.1 Å². The molecule has 6 heteroatoms. The number of hydrogen-bond donors (Lipinski definition) is 2. The first-order chi connectivity index (χ1) is 7.59. The summed E-state index contributed by atoms with van der Waals surface area (Å²) in [7, 11) is -3.50. The molecule has 0 unspecified atom stereocenters. The van der Waals surface area contributed by atoms with E-state index in [1.807, 2.05) is 0 Å². The van der Waals surface area contributed by atoms with E-state index in [9.17, 15) is 8.42 Å². The highest BCUT2D eigenvalue weighted by Crippen LogP contribution is 2.31. The van der Waals surface area contributed by atoms with Gasteiger partial charge in [-0.25, -0.2) is 18.1 Å². The van der Waals surface area contributed by atoms with Gasteiger partial charge < -0.3 is 5.73 Å². The van der Waals surface area contributed by atoms with Crippen molar-refractivity contribution >= 4 is 15.8 Å². The minimum Gasteiger partial charge on any atom is -0.383 e. The smallest absolute Gasteiger partial charge is 0.244 e. The van der Waals surface area contributed by atoms with Crippen molar-refractivity contribution in [2.75, 3.05) is 12.3 Å². The van der Waals surface area contributed by atoms with E-state index in [0.717, 1.165) is 6.42 Å². The summed E-state index contributed by atoms with van der Waals surface area (Å²) >= 11 is 0. The Morgan fingerprint density at radius 2 is 2.25 bits per heavy atom. The summed E-state index contributed by atoms with van der Waals surface area (Å²) in [6.07, 6.45) is 4.81. The highest BCUT2D eigenvalue weighted by atomic mass is 32.2. The maximum absolute atomic E-state index is 11.8. The van der Waals surface area contributed by atoms with Crippen molar-refractivity contribution in [2.24, 2.45) is 5.92 Å². The molecule has 0 atom stereocenters. The number of rotatable bonds is 5. The SMILES string of the molecule is Nc1ncccc1S(=O)(=O)NCCC1CC1. The van der Waals surface area contributed by atoms with E-state index in [2.05, 4.69) is 9.71 Å². The highest BCUT2D eigenvalue weighted by Gasteiger charge is 2.22. The van der Waals surface area contributed by atoms with Crippen LogP contribution in [-0.2, 0) is 10.0 Å². The highest BCUT2D eigenvalue weighted by molar-refractivity contribution is 7.89. The second kappa shape index (κ2) is 4.39. The molecule has 0 radical (unpaired) electrons. The number of pyridine rings is 1. The van der Waals surface area contributed by atoms with Gasteiger partial charge in [0.25, 0.3) is 0 Å². The van der Waals surface area contributed by atoms with Crippen LogP contribution in [0.3, 0.4) is 0 Å². The molecule has 5 nitrogen and oxygen atoms in total. The third kappa shape index (κ3) is 2.70. The lowest BCUT2D eigenvalue weighted by Gasteiger charge is -2.07. The van der Waals surface area contributed by atoms with Crippen molar-refractivity contribution in [3.8, 4) is 0 Å². The Morgan fingerprint density at radius 1 is 1.50 bits per heavy atom. The first-order valence-corrected chi connectivity index (χ1v) is 6.78. The summed E-state index contributed by atoms with van der Waals surface area (Å²) in [5, 5.41) is 0. The number of sulfonamides is 1. The minimum absolute atomic E-state index is 0.0430. The first-order valence-electron chi connectivity index (χ1n) is 5.30. The van der Waals surface area contributed by atoms with E-state index in [-0.39, 0.29) is 10.7 Å². The molecule has 1 aromatic rings. The van der Waals surface area contributed by atoms with E-state index in [0.29, 0.717) is 12.5 Å². The lowest BCUT2D eigenvalue weighted by atomic mass is 10.3. The molecule has 16 heavy (non-hydrogen) atoms. The Hall–Kier alpha value is -1.14. The standard InChI is InChI=1S/C10H15N3O2S/c11-10-9(2-1-6-12-10)16(14,15)13-7-5-8-3-4-8/h1-2,6,8,13H,3-5,7H2,(H2,11,12). The van der Waals surface area contributed by atoms with Gasteiger partial charge in [-0.1, -0.05) is 12.8 Å². The largest absolute Gasteiger partial charge is 0.383 e. The van der Waals surface area contributed by atoms with Crippen LogP contribution in [0.4, 0.5) is 5.82 Å². The number of nitrogens with one attached hydrogen (secondary N) is 1.